The third-order valence-electron chi connectivity index (χ3n) is 14.8. The molecule has 0 spiro atoms. The maximum absolute atomic E-state index is 12.9. The van der Waals surface area contributed by atoms with Crippen LogP contribution in [0.5, 0.6) is 0 Å². The minimum atomic E-state index is -0.786. The molecule has 0 fully saturated rings. The lowest BCUT2D eigenvalue weighted by atomic mass is 10.0. The van der Waals surface area contributed by atoms with Crippen LogP contribution in [0.25, 0.3) is 0 Å². The number of allylic oxidation sites excluding steroid dienone is 18. The standard InChI is InChI=1S/C75H128O6/c1-4-7-10-13-16-19-22-25-28-30-31-32-33-34-35-36-37-38-39-40-41-42-43-44-45-46-48-50-53-56-59-62-65-68-74(77)80-71-72(70-79-73(76)67-64-61-58-55-52-49-27-24-21-18-15-12-9-6-3)81-75(78)69-66-63-60-57-54-51-47-29-26-23-20-17-14-11-8-5-2/h7,10,16,19-20,23,25,28-29,31-32,34-35,37-38,40-41,47,72H,4-6,8-9,11-15,17-18,21-22,24,26-27,30,33,36,39,42-46,48-71H2,1-3H3/b10-7-,19-16-,23-20-,28-25-,32-31-,35-34-,38-37-,41-40-,47-29-. The van der Waals surface area contributed by atoms with Crippen LogP contribution in [0.1, 0.15) is 329 Å². The molecule has 0 heterocycles. The zero-order chi connectivity index (χ0) is 58.5. The fourth-order valence-corrected chi connectivity index (χ4v) is 9.63. The third kappa shape index (κ3) is 66.8. The summed E-state index contributed by atoms with van der Waals surface area (Å²) < 4.78 is 16.9. The first-order valence-electron chi connectivity index (χ1n) is 34.4. The molecule has 464 valence electrons. The van der Waals surface area contributed by atoms with Gasteiger partial charge >= 0.3 is 17.9 Å². The van der Waals surface area contributed by atoms with E-state index in [0.717, 1.165) is 128 Å². The smallest absolute Gasteiger partial charge is 0.306 e. The van der Waals surface area contributed by atoms with Gasteiger partial charge in [-0.15, -0.1) is 0 Å². The summed E-state index contributed by atoms with van der Waals surface area (Å²) in [6.45, 7) is 6.53. The maximum Gasteiger partial charge on any atom is 0.306 e. The molecule has 0 amide bonds. The normalized spacial score (nSPS) is 12.8. The van der Waals surface area contributed by atoms with Crippen molar-refractivity contribution in [2.24, 2.45) is 0 Å². The van der Waals surface area contributed by atoms with E-state index >= 15 is 0 Å². The van der Waals surface area contributed by atoms with Crippen LogP contribution >= 0.6 is 0 Å². The topological polar surface area (TPSA) is 78.9 Å². The fourth-order valence-electron chi connectivity index (χ4n) is 9.63. The zero-order valence-corrected chi connectivity index (χ0v) is 53.3. The number of rotatable bonds is 62. The number of unbranched alkanes of at least 4 members (excludes halogenated alkanes) is 33. The van der Waals surface area contributed by atoms with Gasteiger partial charge in [0, 0.05) is 19.3 Å². The molecule has 0 saturated carbocycles. The van der Waals surface area contributed by atoms with E-state index < -0.39 is 6.10 Å². The average molecular weight is 1130 g/mol. The van der Waals surface area contributed by atoms with Crippen LogP contribution < -0.4 is 0 Å². The Morgan fingerprint density at radius 3 is 0.765 bits per heavy atom. The first kappa shape index (κ1) is 77.1. The van der Waals surface area contributed by atoms with Gasteiger partial charge in [-0.05, 0) is 109 Å². The van der Waals surface area contributed by atoms with Gasteiger partial charge in [-0.1, -0.05) is 310 Å². The highest BCUT2D eigenvalue weighted by atomic mass is 16.6. The van der Waals surface area contributed by atoms with E-state index in [9.17, 15) is 14.4 Å². The van der Waals surface area contributed by atoms with E-state index in [2.05, 4.69) is 130 Å². The van der Waals surface area contributed by atoms with Gasteiger partial charge in [-0.25, -0.2) is 0 Å². The van der Waals surface area contributed by atoms with Crippen molar-refractivity contribution in [3.63, 3.8) is 0 Å². The highest BCUT2D eigenvalue weighted by Gasteiger charge is 2.19. The van der Waals surface area contributed by atoms with E-state index in [4.69, 9.17) is 14.2 Å². The summed E-state index contributed by atoms with van der Waals surface area (Å²) in [4.78, 5) is 38.4. The number of hydrogen-bond donors (Lipinski definition) is 0. The van der Waals surface area contributed by atoms with Gasteiger partial charge in [0.25, 0.3) is 0 Å². The summed E-state index contributed by atoms with van der Waals surface area (Å²) in [6.07, 6.45) is 93.9. The van der Waals surface area contributed by atoms with Crippen LogP contribution in [0, 0.1) is 0 Å². The molecule has 6 nitrogen and oxygen atoms in total. The van der Waals surface area contributed by atoms with Gasteiger partial charge in [-0.3, -0.25) is 14.4 Å². The van der Waals surface area contributed by atoms with Crippen molar-refractivity contribution in [3.05, 3.63) is 109 Å². The van der Waals surface area contributed by atoms with Gasteiger partial charge in [0.15, 0.2) is 6.10 Å². The lowest BCUT2D eigenvalue weighted by Gasteiger charge is -2.18. The minimum absolute atomic E-state index is 0.0810. The molecule has 1 atom stereocenters. The lowest BCUT2D eigenvalue weighted by Crippen LogP contribution is -2.30. The van der Waals surface area contributed by atoms with Crippen LogP contribution in [0.4, 0.5) is 0 Å². The summed E-state index contributed by atoms with van der Waals surface area (Å²) in [5.74, 6) is -0.885. The molecule has 0 saturated heterocycles. The Hall–Kier alpha value is -3.93. The molecular weight excluding hydrogens is 997 g/mol. The molecular formula is C75H128O6. The molecule has 0 rings (SSSR count). The summed E-state index contributed by atoms with van der Waals surface area (Å²) in [7, 11) is 0. The van der Waals surface area contributed by atoms with E-state index in [1.165, 1.54) is 161 Å². The van der Waals surface area contributed by atoms with Crippen molar-refractivity contribution in [2.45, 2.75) is 335 Å². The Kier molecular flexibility index (Phi) is 65.2. The zero-order valence-electron chi connectivity index (χ0n) is 53.3. The Bertz CT molecular complexity index is 1620. The molecule has 0 aromatic carbocycles. The van der Waals surface area contributed by atoms with Crippen molar-refractivity contribution in [1.29, 1.82) is 0 Å². The SMILES string of the molecule is CC/C=C\C/C=C\C/C=C\C/C=C\C/C=C\C/C=C\C/C=C\CCCCCCCCCCCCCC(=O)OCC(COC(=O)CCCCCCCCCCCCCCCC)OC(=O)CCCCCCC/C=C\C/C=C\CCCCCC. The highest BCUT2D eigenvalue weighted by molar-refractivity contribution is 5.71. The van der Waals surface area contributed by atoms with E-state index in [1.807, 2.05) is 0 Å². The molecule has 81 heavy (non-hydrogen) atoms. The molecule has 0 aliphatic rings. The molecule has 0 aliphatic heterocycles. The Balaban J connectivity index is 4.25. The number of hydrogen-bond acceptors (Lipinski definition) is 6. The summed E-state index contributed by atoms with van der Waals surface area (Å²) in [5, 5.41) is 0. The van der Waals surface area contributed by atoms with Crippen molar-refractivity contribution in [3.8, 4) is 0 Å². The second-order valence-electron chi connectivity index (χ2n) is 22.7. The van der Waals surface area contributed by atoms with Gasteiger partial charge in [0.2, 0.25) is 0 Å². The molecule has 0 N–H and O–H groups in total. The molecule has 0 aliphatic carbocycles. The summed E-state index contributed by atoms with van der Waals surface area (Å²) in [6, 6.07) is 0. The second kappa shape index (κ2) is 68.6. The van der Waals surface area contributed by atoms with E-state index in [-0.39, 0.29) is 31.1 Å². The third-order valence-corrected chi connectivity index (χ3v) is 14.8. The van der Waals surface area contributed by atoms with Gasteiger partial charge in [0.1, 0.15) is 13.2 Å². The van der Waals surface area contributed by atoms with Crippen molar-refractivity contribution in [1.82, 2.24) is 0 Å². The fraction of sp³-hybridized carbons (Fsp3) is 0.720. The van der Waals surface area contributed by atoms with E-state index in [1.54, 1.807) is 0 Å². The quantitative estimate of drug-likeness (QED) is 0.0261. The largest absolute Gasteiger partial charge is 0.462 e. The highest BCUT2D eigenvalue weighted by Crippen LogP contribution is 2.17. The number of carbonyl (C=O) groups excluding carboxylic acids is 3. The predicted molar refractivity (Wildman–Crippen MR) is 353 cm³/mol. The van der Waals surface area contributed by atoms with Crippen molar-refractivity contribution in [2.75, 3.05) is 13.2 Å². The minimum Gasteiger partial charge on any atom is -0.462 e. The average Bonchev–Trinajstić information content (AvgIpc) is 3.47. The van der Waals surface area contributed by atoms with Crippen LogP contribution in [-0.4, -0.2) is 37.2 Å². The number of esters is 3. The summed E-state index contributed by atoms with van der Waals surface area (Å²) >= 11 is 0. The Labute approximate surface area is 501 Å². The predicted octanol–water partition coefficient (Wildman–Crippen LogP) is 23.8. The Morgan fingerprint density at radius 1 is 0.259 bits per heavy atom. The molecule has 0 aromatic heterocycles. The first-order chi connectivity index (χ1) is 40.0. The van der Waals surface area contributed by atoms with E-state index in [0.29, 0.717) is 19.3 Å². The van der Waals surface area contributed by atoms with Crippen molar-refractivity contribution >= 4 is 17.9 Å². The van der Waals surface area contributed by atoms with Crippen LogP contribution in [0.2, 0.25) is 0 Å². The molecule has 6 heteroatoms. The van der Waals surface area contributed by atoms with Crippen LogP contribution in [0.3, 0.4) is 0 Å². The molecule has 1 unspecified atom stereocenters. The summed E-state index contributed by atoms with van der Waals surface area (Å²) in [5.41, 5.74) is 0. The molecule has 0 aromatic rings. The van der Waals surface area contributed by atoms with Gasteiger partial charge in [-0.2, -0.15) is 0 Å². The monoisotopic (exact) mass is 1120 g/mol. The van der Waals surface area contributed by atoms with Crippen LogP contribution in [0.15, 0.2) is 109 Å². The number of ether oxygens (including phenoxy) is 3. The lowest BCUT2D eigenvalue weighted by molar-refractivity contribution is -0.167. The number of carbonyl (C=O) groups is 3. The molecule has 0 bridgehead atoms. The maximum atomic E-state index is 12.9. The molecule has 0 radical (unpaired) electrons. The van der Waals surface area contributed by atoms with Crippen molar-refractivity contribution < 1.29 is 28.6 Å². The van der Waals surface area contributed by atoms with Gasteiger partial charge in [0.05, 0.1) is 0 Å². The Morgan fingerprint density at radius 2 is 0.481 bits per heavy atom. The second-order valence-corrected chi connectivity index (χ2v) is 22.7. The van der Waals surface area contributed by atoms with Crippen LogP contribution in [-0.2, 0) is 28.6 Å². The van der Waals surface area contributed by atoms with Gasteiger partial charge < -0.3 is 14.2 Å². The first-order valence-corrected chi connectivity index (χ1v) is 34.4.